The van der Waals surface area contributed by atoms with Gasteiger partial charge in [0.25, 0.3) is 0 Å². The molecule has 1 unspecified atom stereocenters. The van der Waals surface area contributed by atoms with E-state index in [0.29, 0.717) is 6.54 Å². The zero-order valence-electron chi connectivity index (χ0n) is 12.1. The van der Waals surface area contributed by atoms with E-state index < -0.39 is 17.7 Å². The van der Waals surface area contributed by atoms with Gasteiger partial charge in [-0.3, -0.25) is 0 Å². The summed E-state index contributed by atoms with van der Waals surface area (Å²) in [4.78, 5) is 2.14. The predicted octanol–water partition coefficient (Wildman–Crippen LogP) is 3.48. The minimum absolute atomic E-state index is 0.264. The Hall–Kier alpha value is -1.00. The van der Waals surface area contributed by atoms with Crippen molar-refractivity contribution in [2.24, 2.45) is 11.7 Å². The van der Waals surface area contributed by atoms with Crippen LogP contribution in [0.1, 0.15) is 43.7 Å². The van der Waals surface area contributed by atoms with Crippen molar-refractivity contribution in [3.05, 3.63) is 35.4 Å². The van der Waals surface area contributed by atoms with Crippen molar-refractivity contribution in [3.63, 3.8) is 0 Å². The van der Waals surface area contributed by atoms with Crippen LogP contribution in [-0.2, 0) is 0 Å². The summed E-state index contributed by atoms with van der Waals surface area (Å²) >= 11 is 0. The first-order valence-electron chi connectivity index (χ1n) is 7.45. The molecule has 0 amide bonds. The smallest absolute Gasteiger partial charge is 0.128 e. The lowest BCUT2D eigenvalue weighted by Crippen LogP contribution is -2.33. The molecule has 1 aromatic rings. The Kier molecular flexibility index (Phi) is 5.49. The van der Waals surface area contributed by atoms with Gasteiger partial charge in [-0.25, -0.2) is 8.78 Å². The van der Waals surface area contributed by atoms with Crippen LogP contribution in [0.2, 0.25) is 0 Å². The van der Waals surface area contributed by atoms with E-state index in [1.807, 2.05) is 7.05 Å². The van der Waals surface area contributed by atoms with Crippen molar-refractivity contribution in [1.82, 2.24) is 4.90 Å². The third kappa shape index (κ3) is 4.25. The SMILES string of the molecule is CN(CC1CCCCC1)CC(N)c1cc(F)ccc1F. The van der Waals surface area contributed by atoms with Crippen molar-refractivity contribution >= 4 is 0 Å². The summed E-state index contributed by atoms with van der Waals surface area (Å²) in [5.41, 5.74) is 6.29. The van der Waals surface area contributed by atoms with E-state index >= 15 is 0 Å². The van der Waals surface area contributed by atoms with Crippen LogP contribution in [0.3, 0.4) is 0 Å². The molecule has 0 aromatic heterocycles. The second kappa shape index (κ2) is 7.14. The number of rotatable bonds is 5. The maximum atomic E-state index is 13.7. The first kappa shape index (κ1) is 15.4. The van der Waals surface area contributed by atoms with Gasteiger partial charge in [0.05, 0.1) is 0 Å². The molecule has 0 heterocycles. The number of hydrogen-bond donors (Lipinski definition) is 1. The summed E-state index contributed by atoms with van der Waals surface area (Å²) in [7, 11) is 2.01. The van der Waals surface area contributed by atoms with Crippen molar-refractivity contribution in [2.75, 3.05) is 20.1 Å². The van der Waals surface area contributed by atoms with E-state index in [4.69, 9.17) is 5.73 Å². The lowest BCUT2D eigenvalue weighted by molar-refractivity contribution is 0.223. The van der Waals surface area contributed by atoms with Gasteiger partial charge in [0.1, 0.15) is 11.6 Å². The van der Waals surface area contributed by atoms with Crippen molar-refractivity contribution in [1.29, 1.82) is 0 Å². The highest BCUT2D eigenvalue weighted by Gasteiger charge is 2.18. The molecule has 2 nitrogen and oxygen atoms in total. The summed E-state index contributed by atoms with van der Waals surface area (Å²) < 4.78 is 26.8. The summed E-state index contributed by atoms with van der Waals surface area (Å²) in [5, 5.41) is 0. The lowest BCUT2D eigenvalue weighted by atomic mass is 9.89. The average Bonchev–Trinajstić information content (AvgIpc) is 2.42. The van der Waals surface area contributed by atoms with Gasteiger partial charge in [-0.15, -0.1) is 0 Å². The molecule has 112 valence electrons. The van der Waals surface area contributed by atoms with E-state index in [-0.39, 0.29) is 5.56 Å². The van der Waals surface area contributed by atoms with Crippen LogP contribution in [-0.4, -0.2) is 25.0 Å². The standard InChI is InChI=1S/C16H24F2N2/c1-20(10-12-5-3-2-4-6-12)11-16(19)14-9-13(17)7-8-15(14)18/h7-9,12,16H,2-6,10-11,19H2,1H3. The van der Waals surface area contributed by atoms with Crippen LogP contribution in [0.4, 0.5) is 8.78 Å². The molecular formula is C16H24F2N2. The minimum Gasteiger partial charge on any atom is -0.323 e. The van der Waals surface area contributed by atoms with Crippen LogP contribution in [0.25, 0.3) is 0 Å². The van der Waals surface area contributed by atoms with Crippen LogP contribution in [0.15, 0.2) is 18.2 Å². The monoisotopic (exact) mass is 282 g/mol. The zero-order valence-corrected chi connectivity index (χ0v) is 12.1. The maximum Gasteiger partial charge on any atom is 0.128 e. The summed E-state index contributed by atoms with van der Waals surface area (Å²) in [6, 6.07) is 2.98. The largest absolute Gasteiger partial charge is 0.323 e. The molecule has 1 aromatic carbocycles. The maximum absolute atomic E-state index is 13.7. The Morgan fingerprint density at radius 1 is 1.25 bits per heavy atom. The van der Waals surface area contributed by atoms with Gasteiger partial charge < -0.3 is 10.6 Å². The summed E-state index contributed by atoms with van der Waals surface area (Å²) in [6.07, 6.45) is 6.50. The van der Waals surface area contributed by atoms with E-state index in [0.717, 1.165) is 24.6 Å². The molecule has 1 atom stereocenters. The predicted molar refractivity (Wildman–Crippen MR) is 77.4 cm³/mol. The molecule has 1 saturated carbocycles. The van der Waals surface area contributed by atoms with Crippen molar-refractivity contribution < 1.29 is 8.78 Å². The third-order valence-electron chi connectivity index (χ3n) is 4.16. The highest BCUT2D eigenvalue weighted by molar-refractivity contribution is 5.22. The third-order valence-corrected chi connectivity index (χ3v) is 4.16. The fraction of sp³-hybridized carbons (Fsp3) is 0.625. The number of likely N-dealkylation sites (N-methyl/N-ethyl adjacent to an activating group) is 1. The quantitative estimate of drug-likeness (QED) is 0.896. The van der Waals surface area contributed by atoms with Gasteiger partial charge in [-0.1, -0.05) is 19.3 Å². The Labute approximate surface area is 120 Å². The fourth-order valence-electron chi connectivity index (χ4n) is 3.12. The zero-order chi connectivity index (χ0) is 14.5. The van der Waals surface area contributed by atoms with Crippen LogP contribution in [0, 0.1) is 17.6 Å². The molecule has 1 aliphatic rings. The molecule has 0 spiro atoms. The van der Waals surface area contributed by atoms with Gasteiger partial charge >= 0.3 is 0 Å². The Morgan fingerprint density at radius 2 is 1.95 bits per heavy atom. The Morgan fingerprint density at radius 3 is 2.65 bits per heavy atom. The number of halogens is 2. The van der Waals surface area contributed by atoms with Crippen molar-refractivity contribution in [2.45, 2.75) is 38.1 Å². The first-order valence-corrected chi connectivity index (χ1v) is 7.45. The first-order chi connectivity index (χ1) is 9.56. The molecule has 20 heavy (non-hydrogen) atoms. The second-order valence-corrected chi connectivity index (χ2v) is 6.00. The molecular weight excluding hydrogens is 258 g/mol. The van der Waals surface area contributed by atoms with Gasteiger partial charge in [0.2, 0.25) is 0 Å². The fourth-order valence-corrected chi connectivity index (χ4v) is 3.12. The molecule has 1 aliphatic carbocycles. The molecule has 0 radical (unpaired) electrons. The highest BCUT2D eigenvalue weighted by atomic mass is 19.1. The second-order valence-electron chi connectivity index (χ2n) is 6.00. The van der Waals surface area contributed by atoms with Gasteiger partial charge in [0.15, 0.2) is 0 Å². The average molecular weight is 282 g/mol. The van der Waals surface area contributed by atoms with E-state index in [9.17, 15) is 8.78 Å². The molecule has 1 fully saturated rings. The highest BCUT2D eigenvalue weighted by Crippen LogP contribution is 2.25. The van der Waals surface area contributed by atoms with E-state index in [2.05, 4.69) is 4.90 Å². The van der Waals surface area contributed by atoms with Crippen LogP contribution >= 0.6 is 0 Å². The van der Waals surface area contributed by atoms with Crippen LogP contribution in [0.5, 0.6) is 0 Å². The molecule has 0 bridgehead atoms. The van der Waals surface area contributed by atoms with Crippen LogP contribution < -0.4 is 5.73 Å². The topological polar surface area (TPSA) is 29.3 Å². The number of nitrogens with zero attached hydrogens (tertiary/aromatic N) is 1. The molecule has 2 N–H and O–H groups in total. The lowest BCUT2D eigenvalue weighted by Gasteiger charge is -2.28. The molecule has 0 saturated heterocycles. The molecule has 0 aliphatic heterocycles. The van der Waals surface area contributed by atoms with Gasteiger partial charge in [0, 0.05) is 24.7 Å². The molecule has 2 rings (SSSR count). The number of hydrogen-bond acceptors (Lipinski definition) is 2. The minimum atomic E-state index is -0.487. The van der Waals surface area contributed by atoms with E-state index in [1.165, 1.54) is 38.2 Å². The Balaban J connectivity index is 1.89. The normalized spacial score (nSPS) is 18.4. The Bertz CT molecular complexity index is 430. The van der Waals surface area contributed by atoms with Gasteiger partial charge in [-0.05, 0) is 44.0 Å². The summed E-state index contributed by atoms with van der Waals surface area (Å²) in [5.74, 6) is -0.143. The van der Waals surface area contributed by atoms with E-state index in [1.54, 1.807) is 0 Å². The summed E-state index contributed by atoms with van der Waals surface area (Å²) in [6.45, 7) is 1.54. The number of benzene rings is 1. The van der Waals surface area contributed by atoms with Crippen molar-refractivity contribution in [3.8, 4) is 0 Å². The van der Waals surface area contributed by atoms with Gasteiger partial charge in [-0.2, -0.15) is 0 Å². The molecule has 4 heteroatoms. The number of nitrogens with two attached hydrogens (primary N) is 1.